The van der Waals surface area contributed by atoms with Crippen LogP contribution in [-0.4, -0.2) is 48.1 Å². The summed E-state index contributed by atoms with van der Waals surface area (Å²) in [6.07, 6.45) is 8.26. The molecule has 2 unspecified atom stereocenters. The highest BCUT2D eigenvalue weighted by Gasteiger charge is 2.29. The lowest BCUT2D eigenvalue weighted by atomic mass is 9.98. The van der Waals surface area contributed by atoms with Gasteiger partial charge in [0.1, 0.15) is 5.92 Å². The average molecular weight is 461 g/mol. The third-order valence-electron chi connectivity index (χ3n) is 4.83. The molecular formula is C24H32N2O3S2. The van der Waals surface area contributed by atoms with Gasteiger partial charge >= 0.3 is 5.97 Å². The minimum atomic E-state index is -0.870. The highest BCUT2D eigenvalue weighted by atomic mass is 32.2. The summed E-state index contributed by atoms with van der Waals surface area (Å²) >= 11 is 3.58. The van der Waals surface area contributed by atoms with Gasteiger partial charge in [-0.15, -0.1) is 23.5 Å². The summed E-state index contributed by atoms with van der Waals surface area (Å²) in [5, 5.41) is 4.10. The van der Waals surface area contributed by atoms with Gasteiger partial charge < -0.3 is 10.1 Å². The van der Waals surface area contributed by atoms with Crippen LogP contribution in [0.1, 0.15) is 32.3 Å². The van der Waals surface area contributed by atoms with Crippen LogP contribution in [0.2, 0.25) is 0 Å². The predicted octanol–water partition coefficient (Wildman–Crippen LogP) is 4.64. The Morgan fingerprint density at radius 3 is 2.65 bits per heavy atom. The fourth-order valence-corrected chi connectivity index (χ4v) is 4.76. The summed E-state index contributed by atoms with van der Waals surface area (Å²) in [4.78, 5) is 31.3. The van der Waals surface area contributed by atoms with E-state index in [1.807, 2.05) is 49.0 Å². The molecule has 1 amide bonds. The average Bonchev–Trinajstić information content (AvgIpc) is 2.80. The van der Waals surface area contributed by atoms with Crippen LogP contribution in [-0.2, 0) is 20.7 Å². The number of rotatable bonds is 11. The standard InChI is InChI=1S/C24H32N2O3S2/c1-4-19(17-25-22(30-5-2)16-20-13-9-10-14-31-20)26-23(27)21(24(28)29-3)15-18-11-7-6-8-12-18/h6-13,19,21H,4-5,14-17H2,1-3H3,(H,26,27)/b25-22-. The number of ether oxygens (including phenoxy) is 1. The first kappa shape index (κ1) is 25.3. The first-order valence-electron chi connectivity index (χ1n) is 10.6. The van der Waals surface area contributed by atoms with Gasteiger partial charge in [-0.05, 0) is 29.1 Å². The van der Waals surface area contributed by atoms with Crippen molar-refractivity contribution in [1.82, 2.24) is 5.32 Å². The first-order valence-corrected chi connectivity index (χ1v) is 12.6. The number of carbonyl (C=O) groups is 2. The summed E-state index contributed by atoms with van der Waals surface area (Å²) < 4.78 is 4.89. The van der Waals surface area contributed by atoms with Crippen LogP contribution in [0.15, 0.2) is 58.5 Å². The van der Waals surface area contributed by atoms with Crippen molar-refractivity contribution in [2.75, 3.05) is 25.2 Å². The molecule has 1 aromatic carbocycles. The summed E-state index contributed by atoms with van der Waals surface area (Å²) in [7, 11) is 1.32. The van der Waals surface area contributed by atoms with Gasteiger partial charge in [0, 0.05) is 18.2 Å². The Labute approximate surface area is 194 Å². The van der Waals surface area contributed by atoms with Crippen LogP contribution in [0.3, 0.4) is 0 Å². The zero-order chi connectivity index (χ0) is 22.5. The predicted molar refractivity (Wildman–Crippen MR) is 133 cm³/mol. The number of nitrogens with zero attached hydrogens (tertiary/aromatic N) is 1. The van der Waals surface area contributed by atoms with E-state index in [-0.39, 0.29) is 11.9 Å². The fourth-order valence-electron chi connectivity index (χ4n) is 3.08. The number of hydrogen-bond acceptors (Lipinski definition) is 6. The maximum atomic E-state index is 12.9. The lowest BCUT2D eigenvalue weighted by molar-refractivity contribution is -0.150. The van der Waals surface area contributed by atoms with Crippen LogP contribution in [0.5, 0.6) is 0 Å². The molecule has 0 radical (unpaired) electrons. The minimum Gasteiger partial charge on any atom is -0.468 e. The molecule has 0 spiro atoms. The molecule has 2 atom stereocenters. The Hall–Kier alpha value is -1.99. The second-order valence-corrected chi connectivity index (χ2v) is 9.58. The van der Waals surface area contributed by atoms with E-state index in [9.17, 15) is 9.59 Å². The van der Waals surface area contributed by atoms with E-state index in [4.69, 9.17) is 9.73 Å². The first-order chi connectivity index (χ1) is 15.1. The van der Waals surface area contributed by atoms with Gasteiger partial charge in [-0.3, -0.25) is 14.6 Å². The van der Waals surface area contributed by atoms with Crippen LogP contribution < -0.4 is 5.32 Å². The lowest BCUT2D eigenvalue weighted by Crippen LogP contribution is -2.44. The molecule has 7 heteroatoms. The number of methoxy groups -OCH3 is 1. The second-order valence-electron chi connectivity index (χ2n) is 7.10. The summed E-state index contributed by atoms with van der Waals surface area (Å²) in [6, 6.07) is 9.39. The van der Waals surface area contributed by atoms with Gasteiger partial charge in [0.25, 0.3) is 0 Å². The van der Waals surface area contributed by atoms with E-state index in [0.717, 1.165) is 35.0 Å². The van der Waals surface area contributed by atoms with Crippen molar-refractivity contribution in [1.29, 1.82) is 0 Å². The molecule has 0 aromatic heterocycles. The minimum absolute atomic E-state index is 0.129. The van der Waals surface area contributed by atoms with Crippen molar-refractivity contribution in [3.63, 3.8) is 0 Å². The molecule has 0 saturated carbocycles. The molecule has 31 heavy (non-hydrogen) atoms. The van der Waals surface area contributed by atoms with Crippen molar-refractivity contribution in [2.24, 2.45) is 10.9 Å². The van der Waals surface area contributed by atoms with E-state index >= 15 is 0 Å². The molecule has 5 nitrogen and oxygen atoms in total. The van der Waals surface area contributed by atoms with Crippen LogP contribution in [0, 0.1) is 5.92 Å². The van der Waals surface area contributed by atoms with Crippen molar-refractivity contribution in [2.45, 2.75) is 39.2 Å². The third kappa shape index (κ3) is 8.95. The van der Waals surface area contributed by atoms with Crippen molar-refractivity contribution in [3.8, 4) is 0 Å². The van der Waals surface area contributed by atoms with Gasteiger partial charge in [0.2, 0.25) is 5.91 Å². The van der Waals surface area contributed by atoms with E-state index in [2.05, 4.69) is 30.5 Å². The van der Waals surface area contributed by atoms with Crippen LogP contribution >= 0.6 is 23.5 Å². The lowest BCUT2D eigenvalue weighted by Gasteiger charge is -2.20. The monoisotopic (exact) mass is 460 g/mol. The zero-order valence-corrected chi connectivity index (χ0v) is 20.1. The molecule has 0 aliphatic carbocycles. The molecule has 168 valence electrons. The molecule has 0 saturated heterocycles. The third-order valence-corrected chi connectivity index (χ3v) is 6.74. The molecule has 1 N–H and O–H groups in total. The topological polar surface area (TPSA) is 67.8 Å². The van der Waals surface area contributed by atoms with E-state index in [1.54, 1.807) is 11.8 Å². The van der Waals surface area contributed by atoms with Crippen molar-refractivity contribution >= 4 is 40.4 Å². The highest BCUT2D eigenvalue weighted by Crippen LogP contribution is 2.26. The maximum absolute atomic E-state index is 12.9. The molecule has 0 bridgehead atoms. The van der Waals surface area contributed by atoms with Crippen LogP contribution in [0.4, 0.5) is 0 Å². The molecule has 0 fully saturated rings. The smallest absolute Gasteiger partial charge is 0.318 e. The maximum Gasteiger partial charge on any atom is 0.318 e. The fraction of sp³-hybridized carbons (Fsp3) is 0.458. The number of allylic oxidation sites excluding steroid dienone is 3. The molecule has 1 aliphatic rings. The van der Waals surface area contributed by atoms with Gasteiger partial charge in [0.05, 0.1) is 18.7 Å². The van der Waals surface area contributed by atoms with E-state index in [1.165, 1.54) is 12.0 Å². The van der Waals surface area contributed by atoms with Gasteiger partial charge in [-0.1, -0.05) is 62.4 Å². The Morgan fingerprint density at radius 2 is 2.03 bits per heavy atom. The van der Waals surface area contributed by atoms with E-state index < -0.39 is 11.9 Å². The molecular weight excluding hydrogens is 428 g/mol. The molecule has 1 aromatic rings. The van der Waals surface area contributed by atoms with Gasteiger partial charge in [-0.25, -0.2) is 0 Å². The Balaban J connectivity index is 2.02. The zero-order valence-electron chi connectivity index (χ0n) is 18.5. The van der Waals surface area contributed by atoms with Crippen LogP contribution in [0.25, 0.3) is 0 Å². The number of esters is 1. The number of aliphatic imine (C=N–C) groups is 1. The number of amides is 1. The number of thioether (sulfide) groups is 2. The molecule has 1 heterocycles. The Morgan fingerprint density at radius 1 is 1.26 bits per heavy atom. The van der Waals surface area contributed by atoms with E-state index in [0.29, 0.717) is 13.0 Å². The Bertz CT molecular complexity index is 806. The largest absolute Gasteiger partial charge is 0.468 e. The number of carbonyl (C=O) groups excluding carboxylic acids is 2. The molecule has 2 rings (SSSR count). The van der Waals surface area contributed by atoms with Gasteiger partial charge in [0.15, 0.2) is 0 Å². The summed E-state index contributed by atoms with van der Waals surface area (Å²) in [6.45, 7) is 4.63. The number of benzene rings is 1. The van der Waals surface area contributed by atoms with Crippen molar-refractivity contribution in [3.05, 3.63) is 59.0 Å². The summed E-state index contributed by atoms with van der Waals surface area (Å²) in [5.41, 5.74) is 0.924. The van der Waals surface area contributed by atoms with Gasteiger partial charge in [-0.2, -0.15) is 0 Å². The Kier molecular flexibility index (Phi) is 11.5. The highest BCUT2D eigenvalue weighted by molar-refractivity contribution is 8.14. The summed E-state index contributed by atoms with van der Waals surface area (Å²) in [5.74, 6) is 0.261. The number of nitrogens with one attached hydrogen (secondary N) is 1. The second kappa shape index (κ2) is 14.1. The normalized spacial score (nSPS) is 15.7. The molecule has 1 aliphatic heterocycles. The SMILES string of the molecule is CCS/C(CC1=CC=CCS1)=N\CC(CC)NC(=O)C(Cc1ccccc1)C(=O)OC. The number of hydrogen-bond donors (Lipinski definition) is 1. The quantitative estimate of drug-likeness (QED) is 0.225. The van der Waals surface area contributed by atoms with Crippen molar-refractivity contribution < 1.29 is 14.3 Å².